The number of aliphatic carboxylic acids is 1. The highest BCUT2D eigenvalue weighted by atomic mass is 16.4. The largest absolute Gasteiger partial charge is 0.481 e. The Labute approximate surface area is 206 Å². The number of rotatable bonds is 3. The Kier molecular flexibility index (Phi) is 5.51. The molecule has 34 heavy (non-hydrogen) atoms. The third-order valence-electron chi connectivity index (χ3n) is 13.7. The molecule has 5 fully saturated rings. The van der Waals surface area contributed by atoms with E-state index in [1.165, 1.54) is 12.8 Å². The SMILES string of the molecule is CC(C(=O)O)C1CCC2(CO)CCC3(C)C(CCC4C5(C)CCC(=O)C(C)(C)C5CCC43C)C12. The number of carboxylic acid groups (broad SMARTS) is 1. The van der Waals surface area contributed by atoms with E-state index in [0.717, 1.165) is 51.4 Å². The van der Waals surface area contributed by atoms with Crippen LogP contribution < -0.4 is 0 Å². The van der Waals surface area contributed by atoms with Crippen LogP contribution in [0.15, 0.2) is 0 Å². The van der Waals surface area contributed by atoms with Gasteiger partial charge in [0.25, 0.3) is 0 Å². The van der Waals surface area contributed by atoms with E-state index in [9.17, 15) is 19.8 Å². The molecule has 10 unspecified atom stereocenters. The Morgan fingerprint density at radius 1 is 0.912 bits per heavy atom. The average molecular weight is 473 g/mol. The summed E-state index contributed by atoms with van der Waals surface area (Å²) < 4.78 is 0. The second-order valence-corrected chi connectivity index (χ2v) is 14.7. The summed E-state index contributed by atoms with van der Waals surface area (Å²) in [5.41, 5.74) is 0.270. The van der Waals surface area contributed by atoms with E-state index in [1.54, 1.807) is 0 Å². The summed E-state index contributed by atoms with van der Waals surface area (Å²) in [6, 6.07) is 0. The zero-order valence-electron chi connectivity index (χ0n) is 22.5. The molecule has 5 aliphatic rings. The molecule has 0 bridgehead atoms. The fourth-order valence-corrected chi connectivity index (χ4v) is 11.6. The van der Waals surface area contributed by atoms with Gasteiger partial charge in [0.15, 0.2) is 0 Å². The minimum Gasteiger partial charge on any atom is -0.481 e. The molecule has 0 heterocycles. The molecule has 5 saturated carbocycles. The number of Topliss-reactive ketones (excluding diaryl/α,β-unsaturated/α-hetero) is 1. The van der Waals surface area contributed by atoms with E-state index in [2.05, 4.69) is 34.6 Å². The first-order chi connectivity index (χ1) is 15.8. The minimum absolute atomic E-state index is 0.0812. The van der Waals surface area contributed by atoms with Crippen molar-refractivity contribution in [3.8, 4) is 0 Å². The molecule has 4 heteroatoms. The Morgan fingerprint density at radius 3 is 2.26 bits per heavy atom. The molecular formula is C30H48O4. The third-order valence-corrected chi connectivity index (χ3v) is 13.7. The highest BCUT2D eigenvalue weighted by molar-refractivity contribution is 5.85. The van der Waals surface area contributed by atoms with Crippen LogP contribution >= 0.6 is 0 Å². The zero-order chi connectivity index (χ0) is 24.9. The zero-order valence-corrected chi connectivity index (χ0v) is 22.5. The molecule has 4 nitrogen and oxygen atoms in total. The molecule has 0 amide bonds. The van der Waals surface area contributed by atoms with Crippen molar-refractivity contribution in [3.05, 3.63) is 0 Å². The van der Waals surface area contributed by atoms with Crippen LogP contribution in [0.1, 0.15) is 106 Å². The summed E-state index contributed by atoms with van der Waals surface area (Å²) in [4.78, 5) is 25.0. The van der Waals surface area contributed by atoms with Crippen molar-refractivity contribution >= 4 is 11.8 Å². The van der Waals surface area contributed by atoms with Crippen molar-refractivity contribution in [2.45, 2.75) is 106 Å². The summed E-state index contributed by atoms with van der Waals surface area (Å²) in [5, 5.41) is 20.6. The summed E-state index contributed by atoms with van der Waals surface area (Å²) >= 11 is 0. The number of ketones is 1. The van der Waals surface area contributed by atoms with Gasteiger partial charge in [-0.25, -0.2) is 0 Å². The molecule has 2 N–H and O–H groups in total. The molecule has 0 spiro atoms. The van der Waals surface area contributed by atoms with Gasteiger partial charge in [-0.2, -0.15) is 0 Å². The first-order valence-electron chi connectivity index (χ1n) is 14.2. The van der Waals surface area contributed by atoms with Crippen LogP contribution in [-0.4, -0.2) is 28.6 Å². The van der Waals surface area contributed by atoms with Crippen LogP contribution in [0, 0.1) is 62.6 Å². The van der Waals surface area contributed by atoms with Gasteiger partial charge in [0, 0.05) is 18.4 Å². The number of aliphatic hydroxyl groups excluding tert-OH is 1. The third kappa shape index (κ3) is 2.87. The monoisotopic (exact) mass is 472 g/mol. The van der Waals surface area contributed by atoms with E-state index in [0.29, 0.717) is 29.5 Å². The summed E-state index contributed by atoms with van der Waals surface area (Å²) in [6.45, 7) is 14.2. The van der Waals surface area contributed by atoms with Crippen molar-refractivity contribution in [3.63, 3.8) is 0 Å². The number of fused-ring (bicyclic) bond motifs is 7. The van der Waals surface area contributed by atoms with Crippen LogP contribution in [0.4, 0.5) is 0 Å². The van der Waals surface area contributed by atoms with Gasteiger partial charge in [0.1, 0.15) is 5.78 Å². The molecule has 0 aromatic rings. The Balaban J connectivity index is 1.55. The lowest BCUT2D eigenvalue weighted by Crippen LogP contribution is -2.66. The van der Waals surface area contributed by atoms with Crippen molar-refractivity contribution in [1.29, 1.82) is 0 Å². The average Bonchev–Trinajstić information content (AvgIpc) is 3.16. The van der Waals surface area contributed by atoms with Gasteiger partial charge in [0.2, 0.25) is 0 Å². The topological polar surface area (TPSA) is 74.6 Å². The smallest absolute Gasteiger partial charge is 0.306 e. The maximum absolute atomic E-state index is 12.9. The van der Waals surface area contributed by atoms with E-state index in [1.807, 2.05) is 6.92 Å². The number of hydrogen-bond donors (Lipinski definition) is 2. The summed E-state index contributed by atoms with van der Waals surface area (Å²) in [7, 11) is 0. The maximum Gasteiger partial charge on any atom is 0.306 e. The van der Waals surface area contributed by atoms with Gasteiger partial charge in [-0.3, -0.25) is 9.59 Å². The van der Waals surface area contributed by atoms with E-state index in [4.69, 9.17) is 0 Å². The highest BCUT2D eigenvalue weighted by Crippen LogP contribution is 2.77. The van der Waals surface area contributed by atoms with Crippen LogP contribution in [0.5, 0.6) is 0 Å². The number of carbonyl (C=O) groups is 2. The first-order valence-corrected chi connectivity index (χ1v) is 14.2. The van der Waals surface area contributed by atoms with E-state index in [-0.39, 0.29) is 45.5 Å². The maximum atomic E-state index is 12.9. The summed E-state index contributed by atoms with van der Waals surface area (Å²) in [6.07, 6.45) is 10.5. The van der Waals surface area contributed by atoms with Gasteiger partial charge < -0.3 is 10.2 Å². The second-order valence-electron chi connectivity index (χ2n) is 14.7. The molecular weight excluding hydrogens is 424 g/mol. The standard InChI is InChI=1S/C30H48O4/c1-18(25(33)34)19-9-14-30(17-31)16-15-28(5)20(24(19)30)7-8-22-27(4)12-11-23(32)26(2,3)21(27)10-13-29(22,28)6/h18-22,24,31H,7-17H2,1-6H3,(H,33,34). The molecule has 5 rings (SSSR count). The molecule has 0 aliphatic heterocycles. The van der Waals surface area contributed by atoms with Gasteiger partial charge in [-0.15, -0.1) is 0 Å². The number of aliphatic hydroxyl groups is 1. The summed E-state index contributed by atoms with van der Waals surface area (Å²) in [5.74, 6) is 1.50. The van der Waals surface area contributed by atoms with Crippen molar-refractivity contribution in [2.75, 3.05) is 6.61 Å². The molecule has 5 aliphatic carbocycles. The van der Waals surface area contributed by atoms with Crippen LogP contribution in [0.3, 0.4) is 0 Å². The quantitative estimate of drug-likeness (QED) is 0.502. The van der Waals surface area contributed by atoms with Crippen LogP contribution in [0.25, 0.3) is 0 Å². The fraction of sp³-hybridized carbons (Fsp3) is 0.933. The number of carboxylic acids is 1. The van der Waals surface area contributed by atoms with Gasteiger partial charge in [-0.1, -0.05) is 41.5 Å². The molecule has 0 radical (unpaired) electrons. The molecule has 0 aromatic carbocycles. The van der Waals surface area contributed by atoms with Gasteiger partial charge in [0.05, 0.1) is 5.92 Å². The highest BCUT2D eigenvalue weighted by Gasteiger charge is 2.71. The number of carbonyl (C=O) groups excluding carboxylic acids is 1. The van der Waals surface area contributed by atoms with Crippen molar-refractivity contribution < 1.29 is 19.8 Å². The molecule has 0 aromatic heterocycles. The lowest BCUT2D eigenvalue weighted by atomic mass is 9.32. The Morgan fingerprint density at radius 2 is 1.62 bits per heavy atom. The molecule has 0 saturated heterocycles. The van der Waals surface area contributed by atoms with Gasteiger partial charge >= 0.3 is 5.97 Å². The normalized spacial score (nSPS) is 52.7. The van der Waals surface area contributed by atoms with E-state index >= 15 is 0 Å². The van der Waals surface area contributed by atoms with Crippen LogP contribution in [0.2, 0.25) is 0 Å². The van der Waals surface area contributed by atoms with Crippen molar-refractivity contribution in [1.82, 2.24) is 0 Å². The lowest BCUT2D eigenvalue weighted by Gasteiger charge is -2.72. The molecule has 10 atom stereocenters. The molecule has 192 valence electrons. The first kappa shape index (κ1) is 24.8. The Hall–Kier alpha value is -0.900. The predicted octanol–water partition coefficient (Wildman–Crippen LogP) is 6.35. The minimum atomic E-state index is -0.673. The lowest BCUT2D eigenvalue weighted by molar-refractivity contribution is -0.238. The van der Waals surface area contributed by atoms with Crippen LogP contribution in [-0.2, 0) is 9.59 Å². The second kappa shape index (κ2) is 7.56. The predicted molar refractivity (Wildman–Crippen MR) is 133 cm³/mol. The van der Waals surface area contributed by atoms with E-state index < -0.39 is 5.97 Å². The fourth-order valence-electron chi connectivity index (χ4n) is 11.6. The van der Waals surface area contributed by atoms with Crippen molar-refractivity contribution in [2.24, 2.45) is 62.6 Å². The Bertz CT molecular complexity index is 879. The number of hydrogen-bond acceptors (Lipinski definition) is 3. The van der Waals surface area contributed by atoms with Gasteiger partial charge in [-0.05, 0) is 109 Å².